The molecule has 1 rings (SSSR count). The van der Waals surface area contributed by atoms with Crippen molar-refractivity contribution in [2.24, 2.45) is 0 Å². The second kappa shape index (κ2) is 32.5. The Morgan fingerprint density at radius 1 is 0.463 bits per heavy atom. The second-order valence-corrected chi connectivity index (χ2v) is 18.6. The van der Waals surface area contributed by atoms with Crippen LogP contribution in [0.5, 0.6) is 0 Å². The first-order valence-electron chi connectivity index (χ1n) is 22.8. The summed E-state index contributed by atoms with van der Waals surface area (Å²) in [6, 6.07) is 9.16. The van der Waals surface area contributed by atoms with Crippen LogP contribution in [0.4, 0.5) is 14.4 Å². The van der Waals surface area contributed by atoms with Gasteiger partial charge >= 0.3 is 24.2 Å². The number of hydrogen-bond donors (Lipinski definition) is 7. The SMILES string of the molecule is CC(C)(C)OC(=O)NCCCNC(=O)CCOCC(COCCC(=O)NCCCNC(=O)OC(C)(C)C)(COCCC(=O)NCCCNC(=O)OC(C)(C)C)NCC(=O)OCc1ccccc1. The van der Waals surface area contributed by atoms with Crippen LogP contribution in [-0.2, 0) is 58.9 Å². The summed E-state index contributed by atoms with van der Waals surface area (Å²) >= 11 is 0. The Morgan fingerprint density at radius 2 is 0.791 bits per heavy atom. The molecule has 1 aromatic carbocycles. The summed E-state index contributed by atoms with van der Waals surface area (Å²) in [5, 5.41) is 19.4. The van der Waals surface area contributed by atoms with E-state index >= 15 is 0 Å². The molecule has 0 aromatic heterocycles. The van der Waals surface area contributed by atoms with Crippen LogP contribution in [0.2, 0.25) is 0 Å². The van der Waals surface area contributed by atoms with Crippen LogP contribution in [0.15, 0.2) is 30.3 Å². The van der Waals surface area contributed by atoms with Gasteiger partial charge in [-0.3, -0.25) is 24.5 Å². The highest BCUT2D eigenvalue weighted by Crippen LogP contribution is 2.12. The smallest absolute Gasteiger partial charge is 0.407 e. The van der Waals surface area contributed by atoms with Crippen molar-refractivity contribution in [3.63, 3.8) is 0 Å². The predicted molar refractivity (Wildman–Crippen MR) is 249 cm³/mol. The largest absolute Gasteiger partial charge is 0.460 e. The molecule has 7 N–H and O–H groups in total. The molecule has 21 nitrogen and oxygen atoms in total. The lowest BCUT2D eigenvalue weighted by Gasteiger charge is -2.34. The molecule has 382 valence electrons. The summed E-state index contributed by atoms with van der Waals surface area (Å²) in [6.07, 6.45) is -0.225. The third-order valence-electron chi connectivity index (χ3n) is 8.44. The molecule has 0 saturated heterocycles. The molecule has 0 heterocycles. The standard InChI is InChI=1S/C46H79N7O14/c1-43(2,3)65-40(58)50-24-13-21-47-36(54)18-27-61-32-46(53-30-39(57)64-31-35-16-11-10-12-17-35,33-62-28-19-37(55)48-22-14-25-51-41(59)66-44(4,5)6)34-63-29-20-38(56)49-23-15-26-52-42(60)67-45(7,8)9/h10-12,16-17,53H,13-15,18-34H2,1-9H3,(H,47,54)(H,48,55)(H,49,56)(H,50,58)(H,51,59)(H,52,60). The van der Waals surface area contributed by atoms with Crippen LogP contribution >= 0.6 is 0 Å². The zero-order chi connectivity index (χ0) is 50.2. The van der Waals surface area contributed by atoms with E-state index in [9.17, 15) is 33.6 Å². The molecule has 0 fully saturated rings. The van der Waals surface area contributed by atoms with E-state index in [2.05, 4.69) is 37.2 Å². The third kappa shape index (κ3) is 35.6. The van der Waals surface area contributed by atoms with Crippen LogP contribution in [0.1, 0.15) is 106 Å². The van der Waals surface area contributed by atoms with Gasteiger partial charge in [-0.2, -0.15) is 0 Å². The number of nitrogens with one attached hydrogen (secondary N) is 7. The molecule has 0 aliphatic heterocycles. The van der Waals surface area contributed by atoms with Crippen LogP contribution in [0.3, 0.4) is 0 Å². The summed E-state index contributed by atoms with van der Waals surface area (Å²) in [6.45, 7) is 17.1. The molecule has 67 heavy (non-hydrogen) atoms. The number of carbonyl (C=O) groups excluding carboxylic acids is 7. The van der Waals surface area contributed by atoms with Crippen LogP contribution in [0, 0.1) is 0 Å². The first-order chi connectivity index (χ1) is 31.5. The fourth-order valence-corrected chi connectivity index (χ4v) is 5.35. The molecule has 0 unspecified atom stereocenters. The Morgan fingerprint density at radius 3 is 1.12 bits per heavy atom. The first-order valence-corrected chi connectivity index (χ1v) is 22.8. The van der Waals surface area contributed by atoms with Gasteiger partial charge in [0.2, 0.25) is 17.7 Å². The number of rotatable bonds is 32. The lowest BCUT2D eigenvalue weighted by molar-refractivity contribution is -0.145. The summed E-state index contributed by atoms with van der Waals surface area (Å²) in [4.78, 5) is 86.5. The summed E-state index contributed by atoms with van der Waals surface area (Å²) in [5.74, 6) is -1.43. The van der Waals surface area contributed by atoms with E-state index in [1.807, 2.05) is 30.3 Å². The van der Waals surface area contributed by atoms with Crippen LogP contribution in [0.25, 0.3) is 0 Å². The highest BCUT2D eigenvalue weighted by molar-refractivity contribution is 5.77. The monoisotopic (exact) mass is 954 g/mol. The summed E-state index contributed by atoms with van der Waals surface area (Å²) in [7, 11) is 0. The number of ether oxygens (including phenoxy) is 7. The maximum absolute atomic E-state index is 13.0. The van der Waals surface area contributed by atoms with Gasteiger partial charge in [0.05, 0.1) is 51.7 Å². The minimum atomic E-state index is -1.22. The number of benzene rings is 1. The van der Waals surface area contributed by atoms with Gasteiger partial charge in [0.15, 0.2) is 0 Å². The average Bonchev–Trinajstić information content (AvgIpc) is 3.22. The fourth-order valence-electron chi connectivity index (χ4n) is 5.35. The first kappa shape index (κ1) is 59.8. The lowest BCUT2D eigenvalue weighted by Crippen LogP contribution is -2.58. The van der Waals surface area contributed by atoms with E-state index in [0.717, 1.165) is 5.56 Å². The van der Waals surface area contributed by atoms with E-state index in [4.69, 9.17) is 33.2 Å². The van der Waals surface area contributed by atoms with Crippen molar-refractivity contribution in [1.29, 1.82) is 0 Å². The molecule has 0 aliphatic rings. The number of amides is 6. The van der Waals surface area contributed by atoms with E-state index in [1.54, 1.807) is 62.3 Å². The number of alkyl carbamates (subject to hydrolysis) is 3. The van der Waals surface area contributed by atoms with Crippen molar-refractivity contribution >= 4 is 42.0 Å². The topological polar surface area (TPSA) is 268 Å². The normalized spacial score (nSPS) is 11.7. The molecule has 0 saturated carbocycles. The lowest BCUT2D eigenvalue weighted by atomic mass is 10.0. The maximum Gasteiger partial charge on any atom is 0.407 e. The van der Waals surface area contributed by atoms with Gasteiger partial charge in [-0.1, -0.05) is 30.3 Å². The maximum atomic E-state index is 13.0. The Hall–Kier alpha value is -5.25. The number of esters is 1. The average molecular weight is 954 g/mol. The van der Waals surface area contributed by atoms with Crippen molar-refractivity contribution in [2.45, 2.75) is 130 Å². The molecular weight excluding hydrogens is 875 g/mol. The van der Waals surface area contributed by atoms with Crippen molar-refractivity contribution in [1.82, 2.24) is 37.2 Å². The minimum Gasteiger partial charge on any atom is -0.460 e. The molecule has 0 bridgehead atoms. The Labute approximate surface area is 396 Å². The Balaban J connectivity index is 2.90. The van der Waals surface area contributed by atoms with Crippen LogP contribution < -0.4 is 37.2 Å². The van der Waals surface area contributed by atoms with Gasteiger partial charge in [0, 0.05) is 58.5 Å². The second-order valence-electron chi connectivity index (χ2n) is 18.6. The quantitative estimate of drug-likeness (QED) is 0.0310. The van der Waals surface area contributed by atoms with Crippen molar-refractivity contribution in [3.05, 3.63) is 35.9 Å². The number of carbonyl (C=O) groups is 7. The fraction of sp³-hybridized carbons (Fsp3) is 0.717. The molecule has 21 heteroatoms. The van der Waals surface area contributed by atoms with E-state index in [-0.39, 0.29) is 89.8 Å². The van der Waals surface area contributed by atoms with Crippen molar-refractivity contribution < 1.29 is 66.7 Å². The zero-order valence-electron chi connectivity index (χ0n) is 41.2. The van der Waals surface area contributed by atoms with E-state index in [0.29, 0.717) is 58.5 Å². The predicted octanol–water partition coefficient (Wildman–Crippen LogP) is 3.37. The third-order valence-corrected chi connectivity index (χ3v) is 8.44. The van der Waals surface area contributed by atoms with Crippen molar-refractivity contribution in [2.75, 3.05) is 85.5 Å². The molecule has 6 amide bonds. The molecule has 1 aromatic rings. The number of hydrogen-bond acceptors (Lipinski definition) is 15. The highest BCUT2D eigenvalue weighted by Gasteiger charge is 2.33. The summed E-state index contributed by atoms with van der Waals surface area (Å²) < 4.78 is 39.1. The van der Waals surface area contributed by atoms with Gasteiger partial charge in [-0.25, -0.2) is 14.4 Å². The Kier molecular flexibility index (Phi) is 28.9. The molecule has 0 aliphatic carbocycles. The van der Waals surface area contributed by atoms with Crippen molar-refractivity contribution in [3.8, 4) is 0 Å². The molecule has 0 spiro atoms. The minimum absolute atomic E-state index is 0.00264. The van der Waals surface area contributed by atoms with Gasteiger partial charge < -0.3 is 65.1 Å². The van der Waals surface area contributed by atoms with E-state index in [1.165, 1.54) is 0 Å². The molecule has 0 radical (unpaired) electrons. The van der Waals surface area contributed by atoms with E-state index < -0.39 is 46.6 Å². The van der Waals surface area contributed by atoms with Crippen LogP contribution in [-0.4, -0.2) is 150 Å². The zero-order valence-corrected chi connectivity index (χ0v) is 41.2. The molecular formula is C46H79N7O14. The molecule has 0 atom stereocenters. The van der Waals surface area contributed by atoms with Gasteiger partial charge in [0.25, 0.3) is 0 Å². The van der Waals surface area contributed by atoms with Gasteiger partial charge in [-0.05, 0) is 87.1 Å². The highest BCUT2D eigenvalue weighted by atomic mass is 16.6. The Bertz CT molecular complexity index is 1490. The van der Waals surface area contributed by atoms with Gasteiger partial charge in [-0.15, -0.1) is 0 Å². The van der Waals surface area contributed by atoms with Gasteiger partial charge in [0.1, 0.15) is 23.4 Å². The summed E-state index contributed by atoms with van der Waals surface area (Å²) in [5.41, 5.74) is -2.30.